The number of hydrogen-bond acceptors (Lipinski definition) is 3. The molecule has 0 aromatic carbocycles. The lowest BCUT2D eigenvalue weighted by molar-refractivity contribution is -0.118. The van der Waals surface area contributed by atoms with Crippen LogP contribution >= 0.6 is 0 Å². The van der Waals surface area contributed by atoms with Gasteiger partial charge in [-0.15, -0.1) is 0 Å². The molecule has 0 radical (unpaired) electrons. The van der Waals surface area contributed by atoms with E-state index in [0.29, 0.717) is 12.8 Å². The number of ketones is 1. The van der Waals surface area contributed by atoms with Gasteiger partial charge in [0, 0.05) is 30.9 Å². The molecule has 0 aliphatic heterocycles. The molecule has 2 N–H and O–H groups in total. The van der Waals surface area contributed by atoms with Gasteiger partial charge in [-0.05, 0) is 27.2 Å². The van der Waals surface area contributed by atoms with Crippen molar-refractivity contribution >= 4 is 5.78 Å². The summed E-state index contributed by atoms with van der Waals surface area (Å²) >= 11 is 0. The summed E-state index contributed by atoms with van der Waals surface area (Å²) in [6.07, 6.45) is 5.30. The standard InChI is InChI=1S/C12H21N3O/c1-4-15-8-7-14-11(15)9-10(16)5-6-12(2,3)13/h7-8H,4-6,9,13H2,1-3H3. The Bertz CT molecular complexity index is 349. The number of Topliss-reactive ketones (excluding diaryl/α,β-unsaturated/α-hetero) is 1. The summed E-state index contributed by atoms with van der Waals surface area (Å²) in [5.74, 6) is 1.06. The second-order valence-electron chi connectivity index (χ2n) is 4.83. The molecule has 0 spiro atoms. The summed E-state index contributed by atoms with van der Waals surface area (Å²) < 4.78 is 1.99. The van der Waals surface area contributed by atoms with E-state index < -0.39 is 0 Å². The van der Waals surface area contributed by atoms with Crippen LogP contribution in [0.1, 0.15) is 39.4 Å². The molecule has 4 nitrogen and oxygen atoms in total. The van der Waals surface area contributed by atoms with E-state index in [2.05, 4.69) is 4.98 Å². The van der Waals surface area contributed by atoms with Crippen LogP contribution in [0.5, 0.6) is 0 Å². The normalized spacial score (nSPS) is 11.8. The molecule has 1 heterocycles. The Kier molecular flexibility index (Phi) is 4.24. The summed E-state index contributed by atoms with van der Waals surface area (Å²) in [7, 11) is 0. The molecule has 4 heteroatoms. The van der Waals surface area contributed by atoms with Crippen molar-refractivity contribution in [3.63, 3.8) is 0 Å². The highest BCUT2D eigenvalue weighted by Gasteiger charge is 2.14. The number of nitrogens with two attached hydrogens (primary N) is 1. The SMILES string of the molecule is CCn1ccnc1CC(=O)CCC(C)(C)N. The first kappa shape index (κ1) is 12.9. The van der Waals surface area contributed by atoms with Crippen molar-refractivity contribution in [1.82, 2.24) is 9.55 Å². The average Bonchev–Trinajstić information content (AvgIpc) is 2.61. The van der Waals surface area contributed by atoms with Gasteiger partial charge in [-0.3, -0.25) is 4.79 Å². The fourth-order valence-corrected chi connectivity index (χ4v) is 1.52. The van der Waals surface area contributed by atoms with Crippen LogP contribution in [-0.2, 0) is 17.8 Å². The first-order valence-electron chi connectivity index (χ1n) is 5.73. The maximum atomic E-state index is 11.7. The molecule has 0 aliphatic rings. The molecule has 0 aliphatic carbocycles. The van der Waals surface area contributed by atoms with Crippen LogP contribution in [0.4, 0.5) is 0 Å². The van der Waals surface area contributed by atoms with E-state index in [1.165, 1.54) is 0 Å². The lowest BCUT2D eigenvalue weighted by Crippen LogP contribution is -2.32. The van der Waals surface area contributed by atoms with Crippen molar-refractivity contribution in [3.05, 3.63) is 18.2 Å². The molecule has 16 heavy (non-hydrogen) atoms. The zero-order valence-corrected chi connectivity index (χ0v) is 10.4. The second-order valence-corrected chi connectivity index (χ2v) is 4.83. The van der Waals surface area contributed by atoms with Crippen LogP contribution in [-0.4, -0.2) is 20.9 Å². The smallest absolute Gasteiger partial charge is 0.140 e. The van der Waals surface area contributed by atoms with Gasteiger partial charge in [0.1, 0.15) is 11.6 Å². The van der Waals surface area contributed by atoms with Crippen molar-refractivity contribution in [2.24, 2.45) is 5.73 Å². The highest BCUT2D eigenvalue weighted by molar-refractivity contribution is 5.80. The molecule has 1 aromatic rings. The van der Waals surface area contributed by atoms with Crippen molar-refractivity contribution in [2.75, 3.05) is 0 Å². The minimum atomic E-state index is -0.268. The van der Waals surface area contributed by atoms with Gasteiger partial charge in [-0.2, -0.15) is 0 Å². The summed E-state index contributed by atoms with van der Waals surface area (Å²) in [6.45, 7) is 6.77. The van der Waals surface area contributed by atoms with E-state index in [1.807, 2.05) is 31.5 Å². The molecule has 90 valence electrons. The monoisotopic (exact) mass is 223 g/mol. The summed E-state index contributed by atoms with van der Waals surface area (Å²) in [5.41, 5.74) is 5.57. The highest BCUT2D eigenvalue weighted by atomic mass is 16.1. The molecule has 0 saturated heterocycles. The third-order valence-corrected chi connectivity index (χ3v) is 2.55. The van der Waals surface area contributed by atoms with E-state index in [1.54, 1.807) is 6.20 Å². The van der Waals surface area contributed by atoms with Crippen LogP contribution in [0.15, 0.2) is 12.4 Å². The fourth-order valence-electron chi connectivity index (χ4n) is 1.52. The van der Waals surface area contributed by atoms with Gasteiger partial charge in [0.25, 0.3) is 0 Å². The number of carbonyl (C=O) groups excluding carboxylic acids is 1. The van der Waals surface area contributed by atoms with Crippen LogP contribution in [0, 0.1) is 0 Å². The van der Waals surface area contributed by atoms with Gasteiger partial charge in [-0.25, -0.2) is 4.98 Å². The summed E-state index contributed by atoms with van der Waals surface area (Å²) in [4.78, 5) is 15.9. The molecule has 0 unspecified atom stereocenters. The van der Waals surface area contributed by atoms with E-state index in [9.17, 15) is 4.79 Å². The van der Waals surface area contributed by atoms with Gasteiger partial charge < -0.3 is 10.3 Å². The zero-order valence-electron chi connectivity index (χ0n) is 10.4. The topological polar surface area (TPSA) is 60.9 Å². The molecule has 0 fully saturated rings. The van der Waals surface area contributed by atoms with Crippen molar-refractivity contribution in [3.8, 4) is 0 Å². The molecule has 0 amide bonds. The minimum Gasteiger partial charge on any atom is -0.335 e. The summed E-state index contributed by atoms with van der Waals surface area (Å²) in [6, 6.07) is 0. The number of carbonyl (C=O) groups is 1. The fraction of sp³-hybridized carbons (Fsp3) is 0.667. The molecule has 0 saturated carbocycles. The molecule has 0 bridgehead atoms. The van der Waals surface area contributed by atoms with Gasteiger partial charge in [0.05, 0.1) is 6.42 Å². The number of nitrogens with zero attached hydrogens (tertiary/aromatic N) is 2. The van der Waals surface area contributed by atoms with Crippen LogP contribution in [0.3, 0.4) is 0 Å². The third kappa shape index (κ3) is 4.14. The first-order valence-corrected chi connectivity index (χ1v) is 5.73. The Hall–Kier alpha value is -1.16. The van der Waals surface area contributed by atoms with Gasteiger partial charge in [0.2, 0.25) is 0 Å². The highest BCUT2D eigenvalue weighted by Crippen LogP contribution is 2.09. The number of aryl methyl sites for hydroxylation is 1. The molecule has 0 atom stereocenters. The van der Waals surface area contributed by atoms with Gasteiger partial charge in [0.15, 0.2) is 0 Å². The predicted molar refractivity (Wildman–Crippen MR) is 64.1 cm³/mol. The lowest BCUT2D eigenvalue weighted by atomic mass is 9.97. The number of imidazole rings is 1. The molecule has 1 aromatic heterocycles. The summed E-state index contributed by atoms with van der Waals surface area (Å²) in [5, 5.41) is 0. The van der Waals surface area contributed by atoms with Crippen LogP contribution in [0.2, 0.25) is 0 Å². The number of aromatic nitrogens is 2. The van der Waals surface area contributed by atoms with Crippen molar-refractivity contribution < 1.29 is 4.79 Å². The Labute approximate surface area is 96.9 Å². The number of rotatable bonds is 6. The van der Waals surface area contributed by atoms with Gasteiger partial charge in [-0.1, -0.05) is 0 Å². The van der Waals surface area contributed by atoms with Crippen LogP contribution in [0.25, 0.3) is 0 Å². The molecular weight excluding hydrogens is 202 g/mol. The Morgan fingerprint density at radius 1 is 1.56 bits per heavy atom. The average molecular weight is 223 g/mol. The quantitative estimate of drug-likeness (QED) is 0.795. The van der Waals surface area contributed by atoms with E-state index >= 15 is 0 Å². The minimum absolute atomic E-state index is 0.208. The van der Waals surface area contributed by atoms with Gasteiger partial charge >= 0.3 is 0 Å². The zero-order chi connectivity index (χ0) is 12.2. The van der Waals surface area contributed by atoms with Crippen molar-refractivity contribution in [2.45, 2.75) is 52.1 Å². The maximum Gasteiger partial charge on any atom is 0.140 e. The van der Waals surface area contributed by atoms with Crippen LogP contribution < -0.4 is 5.73 Å². The molecular formula is C12H21N3O. The van der Waals surface area contributed by atoms with E-state index in [4.69, 9.17) is 5.73 Å². The van der Waals surface area contributed by atoms with Crippen molar-refractivity contribution in [1.29, 1.82) is 0 Å². The predicted octanol–water partition coefficient (Wildman–Crippen LogP) is 1.53. The molecule has 1 rings (SSSR count). The second kappa shape index (κ2) is 5.25. The van der Waals surface area contributed by atoms with E-state index in [0.717, 1.165) is 18.8 Å². The number of hydrogen-bond donors (Lipinski definition) is 1. The maximum absolute atomic E-state index is 11.7. The Morgan fingerprint density at radius 2 is 2.25 bits per heavy atom. The third-order valence-electron chi connectivity index (χ3n) is 2.55. The Balaban J connectivity index is 2.46. The largest absolute Gasteiger partial charge is 0.335 e. The van der Waals surface area contributed by atoms with E-state index in [-0.39, 0.29) is 11.3 Å². The Morgan fingerprint density at radius 3 is 2.81 bits per heavy atom. The first-order chi connectivity index (χ1) is 7.42. The lowest BCUT2D eigenvalue weighted by Gasteiger charge is -2.17.